The maximum atomic E-state index is 12.4. The Bertz CT molecular complexity index is 617. The van der Waals surface area contributed by atoms with Gasteiger partial charge in [-0.2, -0.15) is 0 Å². The number of nitrogens with one attached hydrogen (secondary N) is 1. The highest BCUT2D eigenvalue weighted by Crippen LogP contribution is 2.27. The van der Waals surface area contributed by atoms with Crippen molar-refractivity contribution in [3.05, 3.63) is 22.7 Å². The zero-order valence-electron chi connectivity index (χ0n) is 11.6. The van der Waals surface area contributed by atoms with Crippen LogP contribution in [0.3, 0.4) is 0 Å². The molecule has 1 rings (SSSR count). The second-order valence-electron chi connectivity index (χ2n) is 4.37. The van der Waals surface area contributed by atoms with E-state index in [0.29, 0.717) is 11.3 Å². The molecule has 0 spiro atoms. The lowest BCUT2D eigenvalue weighted by Crippen LogP contribution is -2.32. The fourth-order valence-electron chi connectivity index (χ4n) is 1.61. The van der Waals surface area contributed by atoms with E-state index in [9.17, 15) is 13.2 Å². The summed E-state index contributed by atoms with van der Waals surface area (Å²) in [6.45, 7) is 1.69. The number of nitrogens with two attached hydrogens (primary N) is 1. The highest BCUT2D eigenvalue weighted by Gasteiger charge is 2.24. The van der Waals surface area contributed by atoms with Crippen LogP contribution in [0.2, 0.25) is 5.02 Å². The van der Waals surface area contributed by atoms with Gasteiger partial charge in [0.1, 0.15) is 0 Å². The predicted molar refractivity (Wildman–Crippen MR) is 79.1 cm³/mol. The van der Waals surface area contributed by atoms with Gasteiger partial charge in [0.05, 0.1) is 4.90 Å². The highest BCUT2D eigenvalue weighted by molar-refractivity contribution is 7.89. The number of amides is 1. The average Bonchev–Trinajstić information content (AvgIpc) is 2.39. The lowest BCUT2D eigenvalue weighted by Gasteiger charge is -2.19. The number of hydrogen-bond donors (Lipinski definition) is 2. The molecule has 8 heteroatoms. The van der Waals surface area contributed by atoms with Gasteiger partial charge < -0.3 is 11.1 Å². The molecular weight excluding hydrogens is 302 g/mol. The molecule has 1 aromatic rings. The topological polar surface area (TPSA) is 92.5 Å². The summed E-state index contributed by atoms with van der Waals surface area (Å²) in [4.78, 5) is 11.2. The van der Waals surface area contributed by atoms with Gasteiger partial charge in [-0.15, -0.1) is 0 Å². The van der Waals surface area contributed by atoms with Gasteiger partial charge in [-0.25, -0.2) is 12.7 Å². The summed E-state index contributed by atoms with van der Waals surface area (Å²) in [6, 6.07) is 2.86. The van der Waals surface area contributed by atoms with E-state index in [4.69, 9.17) is 17.3 Å². The molecule has 6 nitrogen and oxygen atoms in total. The number of halogens is 1. The number of rotatable bonds is 5. The molecule has 0 aromatic heterocycles. The minimum Gasteiger partial charge on any atom is -0.398 e. The third-order valence-corrected chi connectivity index (χ3v) is 5.19. The number of nitrogens with zero attached hydrogens (tertiary/aromatic N) is 1. The number of carbonyl (C=O) groups is 1. The second kappa shape index (κ2) is 6.43. The fraction of sp³-hybridized carbons (Fsp3) is 0.417. The van der Waals surface area contributed by atoms with Gasteiger partial charge in [0.25, 0.3) is 0 Å². The first-order valence-electron chi connectivity index (χ1n) is 5.92. The quantitative estimate of drug-likeness (QED) is 0.791. The van der Waals surface area contributed by atoms with Gasteiger partial charge in [0.15, 0.2) is 0 Å². The molecule has 0 radical (unpaired) electrons. The first kappa shape index (κ1) is 16.7. The number of anilines is 1. The summed E-state index contributed by atoms with van der Waals surface area (Å²) in [7, 11) is -0.819. The van der Waals surface area contributed by atoms with Crippen molar-refractivity contribution < 1.29 is 13.2 Å². The van der Waals surface area contributed by atoms with E-state index in [1.54, 1.807) is 6.92 Å². The van der Waals surface area contributed by atoms with Gasteiger partial charge in [-0.1, -0.05) is 11.6 Å². The number of benzene rings is 1. The van der Waals surface area contributed by atoms with Gasteiger partial charge >= 0.3 is 0 Å². The van der Waals surface area contributed by atoms with E-state index >= 15 is 0 Å². The van der Waals surface area contributed by atoms with Gasteiger partial charge in [0, 0.05) is 37.8 Å². The number of nitrogen functional groups attached to an aromatic ring is 1. The highest BCUT2D eigenvalue weighted by atomic mass is 35.5. The Morgan fingerprint density at radius 3 is 2.60 bits per heavy atom. The minimum atomic E-state index is -3.73. The van der Waals surface area contributed by atoms with Crippen LogP contribution in [0.25, 0.3) is 0 Å². The second-order valence-corrected chi connectivity index (χ2v) is 6.82. The van der Waals surface area contributed by atoms with Gasteiger partial charge in [-0.05, 0) is 24.6 Å². The normalized spacial score (nSPS) is 11.7. The molecule has 0 fully saturated rings. The molecule has 0 heterocycles. The molecule has 20 heavy (non-hydrogen) atoms. The molecule has 0 saturated carbocycles. The summed E-state index contributed by atoms with van der Waals surface area (Å²) in [5.41, 5.74) is 6.49. The third kappa shape index (κ3) is 3.62. The summed E-state index contributed by atoms with van der Waals surface area (Å²) in [5.74, 6) is -0.227. The molecule has 0 aliphatic heterocycles. The van der Waals surface area contributed by atoms with Crippen molar-refractivity contribution in [3.63, 3.8) is 0 Å². The Morgan fingerprint density at radius 1 is 1.45 bits per heavy atom. The van der Waals surface area contributed by atoms with Crippen LogP contribution in [0.4, 0.5) is 5.69 Å². The van der Waals surface area contributed by atoms with Gasteiger partial charge in [0.2, 0.25) is 15.9 Å². The monoisotopic (exact) mass is 319 g/mol. The van der Waals surface area contributed by atoms with Crippen LogP contribution in [0.1, 0.15) is 12.0 Å². The van der Waals surface area contributed by atoms with E-state index in [1.165, 1.54) is 26.2 Å². The Morgan fingerprint density at radius 2 is 2.05 bits per heavy atom. The number of sulfonamides is 1. The van der Waals surface area contributed by atoms with Crippen molar-refractivity contribution in [2.75, 3.05) is 26.4 Å². The standard InChI is InChI=1S/C12H18ClN3O3S/c1-8-10(14)6-9(13)7-11(8)20(18,19)16(3)5-4-12(17)15-2/h6-7H,4-5,14H2,1-3H3,(H,15,17). The van der Waals surface area contributed by atoms with Crippen molar-refractivity contribution in [1.29, 1.82) is 0 Å². The third-order valence-electron chi connectivity index (χ3n) is 2.99. The molecule has 1 amide bonds. The number of hydrogen-bond acceptors (Lipinski definition) is 4. The van der Waals surface area contributed by atoms with Crippen LogP contribution in [0, 0.1) is 6.92 Å². The minimum absolute atomic E-state index is 0.0573. The molecule has 0 unspecified atom stereocenters. The average molecular weight is 320 g/mol. The molecule has 0 saturated heterocycles. The van der Waals surface area contributed by atoms with E-state index in [1.807, 2.05) is 0 Å². The Balaban J connectivity index is 3.08. The van der Waals surface area contributed by atoms with Crippen LogP contribution in [0.15, 0.2) is 17.0 Å². The maximum Gasteiger partial charge on any atom is 0.243 e. The Kier molecular flexibility index (Phi) is 5.38. The van der Waals surface area contributed by atoms with Crippen molar-refractivity contribution >= 4 is 33.2 Å². The van der Waals surface area contributed by atoms with Crippen LogP contribution in [-0.2, 0) is 14.8 Å². The van der Waals surface area contributed by atoms with Crippen LogP contribution in [0.5, 0.6) is 0 Å². The van der Waals surface area contributed by atoms with E-state index in [-0.39, 0.29) is 28.8 Å². The Hall–Kier alpha value is -1.31. The van der Waals surface area contributed by atoms with Crippen molar-refractivity contribution in [3.8, 4) is 0 Å². The van der Waals surface area contributed by atoms with E-state index < -0.39 is 10.0 Å². The largest absolute Gasteiger partial charge is 0.398 e. The SMILES string of the molecule is CNC(=O)CCN(C)S(=O)(=O)c1cc(Cl)cc(N)c1C. The zero-order chi connectivity index (χ0) is 15.5. The summed E-state index contributed by atoms with van der Waals surface area (Å²) >= 11 is 5.86. The molecule has 112 valence electrons. The Labute approximate surface area is 123 Å². The van der Waals surface area contributed by atoms with Crippen LogP contribution in [-0.4, -0.2) is 39.3 Å². The first-order valence-corrected chi connectivity index (χ1v) is 7.74. The lowest BCUT2D eigenvalue weighted by molar-refractivity contribution is -0.120. The first-order chi connectivity index (χ1) is 9.20. The molecule has 0 aliphatic rings. The fourth-order valence-corrected chi connectivity index (χ4v) is 3.35. The van der Waals surface area contributed by atoms with Crippen LogP contribution >= 0.6 is 11.6 Å². The van der Waals surface area contributed by atoms with Crippen LogP contribution < -0.4 is 11.1 Å². The number of carbonyl (C=O) groups excluding carboxylic acids is 1. The summed E-state index contributed by atoms with van der Waals surface area (Å²) < 4.78 is 26.0. The molecule has 0 aliphatic carbocycles. The van der Waals surface area contributed by atoms with E-state index in [0.717, 1.165) is 4.31 Å². The molecule has 1 aromatic carbocycles. The summed E-state index contributed by atoms with van der Waals surface area (Å²) in [5, 5.41) is 2.70. The molecular formula is C12H18ClN3O3S. The van der Waals surface area contributed by atoms with E-state index in [2.05, 4.69) is 5.32 Å². The zero-order valence-corrected chi connectivity index (χ0v) is 13.2. The predicted octanol–water partition coefficient (Wildman–Crippen LogP) is 0.987. The lowest BCUT2D eigenvalue weighted by atomic mass is 10.2. The molecule has 0 atom stereocenters. The molecule has 3 N–H and O–H groups in total. The van der Waals surface area contributed by atoms with Crippen molar-refractivity contribution in [2.45, 2.75) is 18.2 Å². The summed E-state index contributed by atoms with van der Waals surface area (Å²) in [6.07, 6.45) is 0.0846. The smallest absolute Gasteiger partial charge is 0.243 e. The van der Waals surface area contributed by atoms with Gasteiger partial charge in [-0.3, -0.25) is 4.79 Å². The van der Waals surface area contributed by atoms with Crippen molar-refractivity contribution in [2.24, 2.45) is 0 Å². The maximum absolute atomic E-state index is 12.4. The molecule has 0 bridgehead atoms. The van der Waals surface area contributed by atoms with Crippen molar-refractivity contribution in [1.82, 2.24) is 9.62 Å².